The zero-order valence-corrected chi connectivity index (χ0v) is 13.7. The molecule has 1 aromatic heterocycles. The zero-order chi connectivity index (χ0) is 16.2. The van der Waals surface area contributed by atoms with Crippen LogP contribution in [0.3, 0.4) is 0 Å². The summed E-state index contributed by atoms with van der Waals surface area (Å²) in [5.41, 5.74) is 2.29. The maximum Gasteiger partial charge on any atom is 0.247 e. The Bertz CT molecular complexity index is 665. The highest BCUT2D eigenvalue weighted by Crippen LogP contribution is 2.23. The lowest BCUT2D eigenvalue weighted by Crippen LogP contribution is -2.37. The zero-order valence-electron chi connectivity index (χ0n) is 13.7. The molecular formula is C17H22N6O. The number of hydrogen-bond donors (Lipinski definition) is 1. The summed E-state index contributed by atoms with van der Waals surface area (Å²) in [5, 5.41) is 11.5. The van der Waals surface area contributed by atoms with Gasteiger partial charge >= 0.3 is 0 Å². The summed E-state index contributed by atoms with van der Waals surface area (Å²) in [6.07, 6.45) is 4.23. The number of nitrogens with one attached hydrogen (secondary N) is 1. The lowest BCUT2D eigenvalue weighted by atomic mass is 10.2. The first-order valence-corrected chi connectivity index (χ1v) is 8.53. The molecule has 0 radical (unpaired) electrons. The predicted octanol–water partition coefficient (Wildman–Crippen LogP) is 2.05. The Morgan fingerprint density at radius 2 is 1.67 bits per heavy atom. The lowest BCUT2D eigenvalue weighted by Gasteiger charge is -2.26. The molecule has 0 aliphatic carbocycles. The monoisotopic (exact) mass is 326 g/mol. The van der Waals surface area contributed by atoms with Gasteiger partial charge in [-0.2, -0.15) is 10.1 Å². The largest absolute Gasteiger partial charge is 0.378 e. The summed E-state index contributed by atoms with van der Waals surface area (Å²) in [5.74, 6) is 1.36. The Morgan fingerprint density at radius 1 is 0.917 bits per heavy atom. The highest BCUT2D eigenvalue weighted by molar-refractivity contribution is 5.61. The molecule has 2 saturated heterocycles. The van der Waals surface area contributed by atoms with Crippen molar-refractivity contribution < 1.29 is 4.74 Å². The van der Waals surface area contributed by atoms with Gasteiger partial charge in [-0.25, -0.2) is 0 Å². The molecule has 0 bridgehead atoms. The van der Waals surface area contributed by atoms with Crippen molar-refractivity contribution in [3.05, 3.63) is 30.5 Å². The first kappa shape index (κ1) is 15.1. The van der Waals surface area contributed by atoms with E-state index in [-0.39, 0.29) is 0 Å². The van der Waals surface area contributed by atoms with Crippen molar-refractivity contribution in [3.63, 3.8) is 0 Å². The van der Waals surface area contributed by atoms with Gasteiger partial charge in [0.05, 0.1) is 19.4 Å². The molecule has 2 fully saturated rings. The van der Waals surface area contributed by atoms with E-state index in [1.165, 1.54) is 18.5 Å². The molecule has 0 unspecified atom stereocenters. The predicted molar refractivity (Wildman–Crippen MR) is 94.0 cm³/mol. The third kappa shape index (κ3) is 3.41. The normalized spacial score (nSPS) is 18.0. The molecule has 1 N–H and O–H groups in total. The second-order valence-electron chi connectivity index (χ2n) is 6.11. The van der Waals surface area contributed by atoms with E-state index in [1.54, 1.807) is 6.20 Å². The fraction of sp³-hybridized carbons (Fsp3) is 0.471. The van der Waals surface area contributed by atoms with Crippen molar-refractivity contribution in [3.8, 4) is 0 Å². The first-order chi connectivity index (χ1) is 11.9. The molecule has 0 spiro atoms. The molecule has 2 aliphatic rings. The van der Waals surface area contributed by atoms with Crippen molar-refractivity contribution in [2.75, 3.05) is 54.5 Å². The van der Waals surface area contributed by atoms with E-state index in [0.29, 0.717) is 25.0 Å². The van der Waals surface area contributed by atoms with E-state index in [0.717, 1.165) is 31.9 Å². The minimum atomic E-state index is 0.650. The Morgan fingerprint density at radius 3 is 2.42 bits per heavy atom. The second kappa shape index (κ2) is 7.00. The molecule has 7 heteroatoms. The summed E-state index contributed by atoms with van der Waals surface area (Å²) in [4.78, 5) is 9.09. The van der Waals surface area contributed by atoms with Crippen molar-refractivity contribution in [2.45, 2.75) is 12.8 Å². The van der Waals surface area contributed by atoms with Gasteiger partial charge in [0.25, 0.3) is 0 Å². The summed E-state index contributed by atoms with van der Waals surface area (Å²) in [6, 6.07) is 8.49. The molecule has 0 atom stereocenters. The quantitative estimate of drug-likeness (QED) is 0.922. The molecule has 0 saturated carbocycles. The van der Waals surface area contributed by atoms with Gasteiger partial charge in [0.15, 0.2) is 5.82 Å². The average Bonchev–Trinajstić information content (AvgIpc) is 3.18. The third-order valence-corrected chi connectivity index (χ3v) is 4.45. The molecule has 3 heterocycles. The first-order valence-electron chi connectivity index (χ1n) is 8.53. The Hall–Kier alpha value is -2.41. The Kier molecular flexibility index (Phi) is 4.42. The number of benzene rings is 1. The van der Waals surface area contributed by atoms with Gasteiger partial charge < -0.3 is 19.9 Å². The highest BCUT2D eigenvalue weighted by Gasteiger charge is 2.15. The van der Waals surface area contributed by atoms with Crippen molar-refractivity contribution >= 4 is 23.1 Å². The van der Waals surface area contributed by atoms with Crippen LogP contribution in [0.25, 0.3) is 0 Å². The van der Waals surface area contributed by atoms with Crippen molar-refractivity contribution in [2.24, 2.45) is 0 Å². The molecule has 2 aromatic rings. The van der Waals surface area contributed by atoms with Crippen LogP contribution in [0, 0.1) is 0 Å². The number of ether oxygens (including phenoxy) is 1. The molecule has 0 amide bonds. The minimum Gasteiger partial charge on any atom is -0.378 e. The maximum atomic E-state index is 5.36. The van der Waals surface area contributed by atoms with Gasteiger partial charge in [0, 0.05) is 37.6 Å². The highest BCUT2D eigenvalue weighted by atomic mass is 16.5. The van der Waals surface area contributed by atoms with Gasteiger partial charge in [-0.1, -0.05) is 0 Å². The van der Waals surface area contributed by atoms with Crippen LogP contribution in [0.5, 0.6) is 0 Å². The minimum absolute atomic E-state index is 0.650. The Balaban J connectivity index is 1.44. The third-order valence-electron chi connectivity index (χ3n) is 4.45. The van der Waals surface area contributed by atoms with Gasteiger partial charge in [0.1, 0.15) is 0 Å². The van der Waals surface area contributed by atoms with Gasteiger partial charge in [-0.15, -0.1) is 5.10 Å². The topological polar surface area (TPSA) is 66.4 Å². The van der Waals surface area contributed by atoms with Crippen LogP contribution in [0.2, 0.25) is 0 Å². The average molecular weight is 326 g/mol. The van der Waals surface area contributed by atoms with Gasteiger partial charge in [-0.05, 0) is 37.1 Å². The fourth-order valence-corrected chi connectivity index (χ4v) is 3.13. The molecule has 126 valence electrons. The smallest absolute Gasteiger partial charge is 0.247 e. The van der Waals surface area contributed by atoms with Crippen LogP contribution in [0.4, 0.5) is 23.1 Å². The van der Waals surface area contributed by atoms with Crippen molar-refractivity contribution in [1.29, 1.82) is 0 Å². The van der Waals surface area contributed by atoms with E-state index < -0.39 is 0 Å². The van der Waals surface area contributed by atoms with Crippen molar-refractivity contribution in [1.82, 2.24) is 15.2 Å². The van der Waals surface area contributed by atoms with E-state index >= 15 is 0 Å². The van der Waals surface area contributed by atoms with Crippen LogP contribution in [-0.2, 0) is 4.74 Å². The van der Waals surface area contributed by atoms with Gasteiger partial charge in [0.2, 0.25) is 5.95 Å². The lowest BCUT2D eigenvalue weighted by molar-refractivity contribution is 0.122. The number of nitrogens with zero attached hydrogens (tertiary/aromatic N) is 5. The number of morpholine rings is 1. The van der Waals surface area contributed by atoms with Crippen LogP contribution < -0.4 is 15.1 Å². The number of aromatic nitrogens is 3. The van der Waals surface area contributed by atoms with Gasteiger partial charge in [-0.3, -0.25) is 0 Å². The summed E-state index contributed by atoms with van der Waals surface area (Å²) in [6.45, 7) is 5.33. The van der Waals surface area contributed by atoms with Crippen LogP contribution in [-0.4, -0.2) is 54.6 Å². The molecule has 4 rings (SSSR count). The van der Waals surface area contributed by atoms with Crippen LogP contribution in [0.1, 0.15) is 12.8 Å². The number of rotatable bonds is 4. The van der Waals surface area contributed by atoms with Crippen LogP contribution in [0.15, 0.2) is 30.5 Å². The molecule has 7 nitrogen and oxygen atoms in total. The summed E-state index contributed by atoms with van der Waals surface area (Å²) >= 11 is 0. The Labute approximate surface area is 141 Å². The fourth-order valence-electron chi connectivity index (χ4n) is 3.13. The molecule has 24 heavy (non-hydrogen) atoms. The number of hydrogen-bond acceptors (Lipinski definition) is 7. The molecular weight excluding hydrogens is 304 g/mol. The second-order valence-corrected chi connectivity index (χ2v) is 6.11. The maximum absolute atomic E-state index is 5.36. The SMILES string of the molecule is c1cc(N2CCCC2)ccc1Nc1cnnc(N2CCOCC2)n1. The number of anilines is 4. The molecule has 2 aliphatic heterocycles. The van der Waals surface area contributed by atoms with Crippen LogP contribution >= 0.6 is 0 Å². The van der Waals surface area contributed by atoms with E-state index in [9.17, 15) is 0 Å². The molecule has 1 aromatic carbocycles. The summed E-state index contributed by atoms with van der Waals surface area (Å²) < 4.78 is 5.36. The van der Waals surface area contributed by atoms with E-state index in [4.69, 9.17) is 4.74 Å². The van der Waals surface area contributed by atoms with E-state index in [1.807, 2.05) is 0 Å². The summed E-state index contributed by atoms with van der Waals surface area (Å²) in [7, 11) is 0. The van der Waals surface area contributed by atoms with E-state index in [2.05, 4.69) is 54.6 Å². The standard InChI is InChI=1S/C17H22N6O/c1-2-8-22(7-1)15-5-3-14(4-6-15)19-16-13-18-21-17(20-16)23-9-11-24-12-10-23/h3-6,13H,1-2,7-12H2,(H,19,20,21).